The summed E-state index contributed by atoms with van der Waals surface area (Å²) in [6.45, 7) is 1.95. The van der Waals surface area contributed by atoms with Gasteiger partial charge >= 0.3 is 6.09 Å². The molecule has 2 aromatic rings. The van der Waals surface area contributed by atoms with E-state index in [2.05, 4.69) is 0 Å². The molecular formula is C20H18FNO3. The van der Waals surface area contributed by atoms with Crippen molar-refractivity contribution in [1.82, 2.24) is 4.90 Å². The molecule has 4 nitrogen and oxygen atoms in total. The lowest BCUT2D eigenvalue weighted by Crippen LogP contribution is -2.39. The lowest BCUT2D eigenvalue weighted by Gasteiger charge is -2.18. The number of imide groups is 1. The summed E-state index contributed by atoms with van der Waals surface area (Å²) >= 11 is 0. The van der Waals surface area contributed by atoms with Crippen LogP contribution in [-0.4, -0.2) is 29.5 Å². The largest absolute Gasteiger partial charge is 0.447 e. The monoisotopic (exact) mass is 339 g/mol. The Bertz CT molecular complexity index is 817. The molecule has 1 aliphatic rings. The summed E-state index contributed by atoms with van der Waals surface area (Å²) in [5.74, 6) is -0.919. The van der Waals surface area contributed by atoms with Crippen LogP contribution in [0.3, 0.4) is 0 Å². The molecule has 25 heavy (non-hydrogen) atoms. The third-order valence-corrected chi connectivity index (χ3v) is 4.07. The van der Waals surface area contributed by atoms with E-state index < -0.39 is 17.8 Å². The van der Waals surface area contributed by atoms with Gasteiger partial charge in [0.25, 0.3) is 5.91 Å². The molecule has 0 aromatic heterocycles. The van der Waals surface area contributed by atoms with Crippen LogP contribution in [0.4, 0.5) is 9.18 Å². The molecule has 0 spiro atoms. The minimum absolute atomic E-state index is 0.159. The number of halogens is 1. The van der Waals surface area contributed by atoms with Gasteiger partial charge in [-0.05, 0) is 36.6 Å². The zero-order valence-corrected chi connectivity index (χ0v) is 13.8. The summed E-state index contributed by atoms with van der Waals surface area (Å²) in [6, 6.07) is 14.0. The maximum absolute atomic E-state index is 13.9. The first-order valence-electron chi connectivity index (χ1n) is 8.02. The first-order chi connectivity index (χ1) is 12.0. The highest BCUT2D eigenvalue weighted by Gasteiger charge is 2.36. The van der Waals surface area contributed by atoms with Crippen LogP contribution in [0.1, 0.15) is 16.7 Å². The lowest BCUT2D eigenvalue weighted by atomic mass is 10.1. The average Bonchev–Trinajstić information content (AvgIpc) is 2.95. The van der Waals surface area contributed by atoms with E-state index in [1.54, 1.807) is 19.1 Å². The van der Waals surface area contributed by atoms with E-state index >= 15 is 0 Å². The van der Waals surface area contributed by atoms with Gasteiger partial charge in [0.05, 0.1) is 6.04 Å². The van der Waals surface area contributed by atoms with E-state index in [0.717, 1.165) is 16.0 Å². The van der Waals surface area contributed by atoms with E-state index in [-0.39, 0.29) is 12.6 Å². The number of carbonyl (C=O) groups is 2. The molecule has 0 unspecified atom stereocenters. The van der Waals surface area contributed by atoms with Gasteiger partial charge < -0.3 is 4.74 Å². The van der Waals surface area contributed by atoms with Gasteiger partial charge in [0.1, 0.15) is 12.4 Å². The van der Waals surface area contributed by atoms with Crippen LogP contribution in [0.25, 0.3) is 6.08 Å². The maximum atomic E-state index is 13.9. The molecule has 3 rings (SSSR count). The van der Waals surface area contributed by atoms with Gasteiger partial charge in [-0.1, -0.05) is 42.5 Å². The van der Waals surface area contributed by atoms with Crippen LogP contribution < -0.4 is 0 Å². The first kappa shape index (κ1) is 16.9. The second-order valence-electron chi connectivity index (χ2n) is 5.99. The van der Waals surface area contributed by atoms with Crippen molar-refractivity contribution in [3.8, 4) is 0 Å². The normalized spacial score (nSPS) is 17.1. The summed E-state index contributed by atoms with van der Waals surface area (Å²) in [4.78, 5) is 25.4. The van der Waals surface area contributed by atoms with Crippen LogP contribution in [0.2, 0.25) is 0 Å². The predicted octanol–water partition coefficient (Wildman–Crippen LogP) is 3.74. The van der Waals surface area contributed by atoms with Crippen LogP contribution in [0, 0.1) is 12.7 Å². The Hall–Kier alpha value is -2.95. The third kappa shape index (κ3) is 3.94. The Labute approximate surface area is 145 Å². The van der Waals surface area contributed by atoms with Crippen molar-refractivity contribution < 1.29 is 18.7 Å². The van der Waals surface area contributed by atoms with Crippen LogP contribution in [0.15, 0.2) is 54.6 Å². The lowest BCUT2D eigenvalue weighted by molar-refractivity contribution is -0.124. The van der Waals surface area contributed by atoms with E-state index in [1.165, 1.54) is 18.2 Å². The molecule has 1 aliphatic heterocycles. The molecule has 0 saturated carbocycles. The SMILES string of the molecule is Cc1ccc(/C=C/C(=O)N2C(=O)OC[C@@H]2Cc2ccccc2)c(F)c1. The number of benzene rings is 2. The molecule has 2 amide bonds. The highest BCUT2D eigenvalue weighted by molar-refractivity contribution is 6.02. The molecule has 0 radical (unpaired) electrons. The van der Waals surface area contributed by atoms with Gasteiger partial charge in [0.2, 0.25) is 0 Å². The van der Waals surface area contributed by atoms with E-state index in [4.69, 9.17) is 4.74 Å². The Morgan fingerprint density at radius 3 is 2.76 bits per heavy atom. The summed E-state index contributed by atoms with van der Waals surface area (Å²) in [7, 11) is 0. The van der Waals surface area contributed by atoms with Gasteiger partial charge in [-0.25, -0.2) is 14.1 Å². The standard InChI is InChI=1S/C20H18FNO3/c1-14-7-8-16(18(21)11-14)9-10-19(23)22-17(13-25-20(22)24)12-15-5-3-2-4-6-15/h2-11,17H,12-13H2,1H3/b10-9+/t17-/m0/s1. The number of nitrogens with zero attached hydrogens (tertiary/aromatic N) is 1. The van der Waals surface area contributed by atoms with Crippen LogP contribution in [0.5, 0.6) is 0 Å². The molecule has 2 aromatic carbocycles. The second-order valence-corrected chi connectivity index (χ2v) is 5.99. The Balaban J connectivity index is 1.74. The first-order valence-corrected chi connectivity index (χ1v) is 8.02. The smallest absolute Gasteiger partial charge is 0.417 e. The van der Waals surface area contributed by atoms with E-state index in [0.29, 0.717) is 12.0 Å². The van der Waals surface area contributed by atoms with Gasteiger partial charge in [-0.15, -0.1) is 0 Å². The molecule has 1 heterocycles. The van der Waals surface area contributed by atoms with Crippen molar-refractivity contribution in [3.63, 3.8) is 0 Å². The zero-order valence-electron chi connectivity index (χ0n) is 13.8. The quantitative estimate of drug-likeness (QED) is 0.797. The predicted molar refractivity (Wildman–Crippen MR) is 92.3 cm³/mol. The molecule has 0 aliphatic carbocycles. The maximum Gasteiger partial charge on any atom is 0.417 e. The van der Waals surface area contributed by atoms with Gasteiger partial charge in [-0.3, -0.25) is 4.79 Å². The number of hydrogen-bond donors (Lipinski definition) is 0. The van der Waals surface area contributed by atoms with Crippen LogP contribution >= 0.6 is 0 Å². The average molecular weight is 339 g/mol. The number of rotatable bonds is 4. The second kappa shape index (κ2) is 7.30. The molecule has 5 heteroatoms. The fraction of sp³-hybridized carbons (Fsp3) is 0.200. The molecule has 0 N–H and O–H groups in total. The Kier molecular flexibility index (Phi) is 4.93. The van der Waals surface area contributed by atoms with Crippen molar-refractivity contribution >= 4 is 18.1 Å². The van der Waals surface area contributed by atoms with Crippen molar-refractivity contribution in [1.29, 1.82) is 0 Å². The summed E-state index contributed by atoms with van der Waals surface area (Å²) in [5, 5.41) is 0. The van der Waals surface area contributed by atoms with Crippen LogP contribution in [-0.2, 0) is 16.0 Å². The zero-order chi connectivity index (χ0) is 17.8. The highest BCUT2D eigenvalue weighted by atomic mass is 19.1. The number of carbonyl (C=O) groups excluding carboxylic acids is 2. The number of aryl methyl sites for hydroxylation is 1. The number of ether oxygens (including phenoxy) is 1. The number of hydrogen-bond acceptors (Lipinski definition) is 3. The summed E-state index contributed by atoms with van der Waals surface area (Å²) in [6.07, 6.45) is 2.44. The fourth-order valence-electron chi connectivity index (χ4n) is 2.78. The number of amides is 2. The van der Waals surface area contributed by atoms with Gasteiger partial charge in [-0.2, -0.15) is 0 Å². The topological polar surface area (TPSA) is 46.6 Å². The van der Waals surface area contributed by atoms with Crippen molar-refractivity contribution in [3.05, 3.63) is 77.1 Å². The molecule has 1 fully saturated rings. The Morgan fingerprint density at radius 1 is 1.28 bits per heavy atom. The van der Waals surface area contributed by atoms with Gasteiger partial charge in [0.15, 0.2) is 0 Å². The third-order valence-electron chi connectivity index (χ3n) is 4.07. The van der Waals surface area contributed by atoms with Crippen molar-refractivity contribution in [2.75, 3.05) is 6.61 Å². The summed E-state index contributed by atoms with van der Waals surface area (Å²) in [5.41, 5.74) is 2.11. The van der Waals surface area contributed by atoms with E-state index in [9.17, 15) is 14.0 Å². The molecular weight excluding hydrogens is 321 g/mol. The van der Waals surface area contributed by atoms with Crippen molar-refractivity contribution in [2.45, 2.75) is 19.4 Å². The Morgan fingerprint density at radius 2 is 2.04 bits per heavy atom. The van der Waals surface area contributed by atoms with E-state index in [1.807, 2.05) is 30.3 Å². The summed E-state index contributed by atoms with van der Waals surface area (Å²) < 4.78 is 18.9. The fourth-order valence-corrected chi connectivity index (χ4v) is 2.78. The minimum atomic E-state index is -0.667. The van der Waals surface area contributed by atoms with Crippen molar-refractivity contribution in [2.24, 2.45) is 0 Å². The molecule has 128 valence electrons. The molecule has 0 bridgehead atoms. The molecule has 1 saturated heterocycles. The van der Waals surface area contributed by atoms with Gasteiger partial charge in [0, 0.05) is 11.6 Å². The number of cyclic esters (lactones) is 1. The molecule has 1 atom stereocenters. The minimum Gasteiger partial charge on any atom is -0.447 e. The highest BCUT2D eigenvalue weighted by Crippen LogP contribution is 2.19.